The Bertz CT molecular complexity index is 782. The molecular weight excluding hydrogens is 431 g/mol. The van der Waals surface area contributed by atoms with Gasteiger partial charge < -0.3 is 9.47 Å². The smallest absolute Gasteiger partial charge is 0.425 e. The van der Waals surface area contributed by atoms with Crippen LogP contribution in [0.1, 0.15) is 31.9 Å². The summed E-state index contributed by atoms with van der Waals surface area (Å²) in [5.74, 6) is 0. The molecule has 0 fully saturated rings. The fourth-order valence-corrected chi connectivity index (χ4v) is 3.79. The molecule has 0 spiro atoms. The third kappa shape index (κ3) is 8.09. The topological polar surface area (TPSA) is 80.3 Å². The van der Waals surface area contributed by atoms with E-state index in [0.29, 0.717) is 0 Å². The normalized spacial score (nSPS) is 12.9. The van der Waals surface area contributed by atoms with E-state index in [1.807, 2.05) is 60.7 Å². The van der Waals surface area contributed by atoms with E-state index >= 15 is 0 Å². The standard InChI is InChI=1S/C21H26ClO7P/c1-17(21(2,3)28-20(23)25-16-22)29-30(24,26-14-18-10-6-4-7-11-18)27-15-19-12-8-5-9-13-19/h4-13,17H,14-16H2,1-3H3. The van der Waals surface area contributed by atoms with Gasteiger partial charge in [0.2, 0.25) is 0 Å². The summed E-state index contributed by atoms with van der Waals surface area (Å²) in [4.78, 5) is 11.6. The molecule has 0 amide bonds. The van der Waals surface area contributed by atoms with Crippen molar-refractivity contribution in [2.24, 2.45) is 0 Å². The Hall–Kier alpha value is -1.89. The second-order valence-electron chi connectivity index (χ2n) is 6.92. The van der Waals surface area contributed by atoms with Crippen LogP contribution in [0.4, 0.5) is 4.79 Å². The monoisotopic (exact) mass is 456 g/mol. The van der Waals surface area contributed by atoms with Crippen LogP contribution in [0.3, 0.4) is 0 Å². The summed E-state index contributed by atoms with van der Waals surface area (Å²) in [6, 6.07) is 18.1. The lowest BCUT2D eigenvalue weighted by atomic mass is 10.0. The van der Waals surface area contributed by atoms with Crippen LogP contribution >= 0.6 is 19.4 Å². The van der Waals surface area contributed by atoms with Crippen molar-refractivity contribution in [1.82, 2.24) is 0 Å². The molecule has 0 saturated heterocycles. The third-order valence-corrected chi connectivity index (χ3v) is 5.82. The van der Waals surface area contributed by atoms with Crippen molar-refractivity contribution in [2.75, 3.05) is 6.07 Å². The van der Waals surface area contributed by atoms with Crippen molar-refractivity contribution in [3.63, 3.8) is 0 Å². The Balaban J connectivity index is 2.10. The van der Waals surface area contributed by atoms with E-state index in [-0.39, 0.29) is 19.3 Å². The summed E-state index contributed by atoms with van der Waals surface area (Å²) in [7, 11) is -4.02. The maximum absolute atomic E-state index is 13.4. The number of carbonyl (C=O) groups is 1. The van der Waals surface area contributed by atoms with Gasteiger partial charge in [-0.2, -0.15) is 0 Å². The second-order valence-corrected chi connectivity index (χ2v) is 8.76. The van der Waals surface area contributed by atoms with E-state index in [4.69, 9.17) is 29.9 Å². The van der Waals surface area contributed by atoms with Gasteiger partial charge >= 0.3 is 14.0 Å². The van der Waals surface area contributed by atoms with Crippen LogP contribution in [-0.4, -0.2) is 23.9 Å². The lowest BCUT2D eigenvalue weighted by Crippen LogP contribution is -2.40. The minimum Gasteiger partial charge on any atom is -0.425 e. The molecule has 0 aliphatic carbocycles. The predicted octanol–water partition coefficient (Wildman–Crippen LogP) is 6.06. The highest BCUT2D eigenvalue weighted by Crippen LogP contribution is 2.53. The number of phosphoric ester groups is 1. The van der Waals surface area contributed by atoms with Crippen LogP contribution < -0.4 is 0 Å². The highest BCUT2D eigenvalue weighted by molar-refractivity contribution is 7.48. The molecule has 0 heterocycles. The van der Waals surface area contributed by atoms with E-state index in [9.17, 15) is 9.36 Å². The van der Waals surface area contributed by atoms with Gasteiger partial charge in [-0.3, -0.25) is 13.6 Å². The molecule has 2 aromatic carbocycles. The van der Waals surface area contributed by atoms with Crippen molar-refractivity contribution in [3.8, 4) is 0 Å². The molecule has 9 heteroatoms. The Morgan fingerprint density at radius 3 is 1.87 bits per heavy atom. The molecule has 0 N–H and O–H groups in total. The van der Waals surface area contributed by atoms with Gasteiger partial charge in [-0.15, -0.1) is 0 Å². The van der Waals surface area contributed by atoms with Crippen LogP contribution in [-0.2, 0) is 40.8 Å². The largest absolute Gasteiger partial charge is 0.510 e. The van der Waals surface area contributed by atoms with E-state index in [1.54, 1.807) is 20.8 Å². The zero-order chi connectivity index (χ0) is 22.0. The number of carbonyl (C=O) groups excluding carboxylic acids is 1. The van der Waals surface area contributed by atoms with Crippen molar-refractivity contribution < 1.29 is 32.4 Å². The van der Waals surface area contributed by atoms with Crippen molar-refractivity contribution in [1.29, 1.82) is 0 Å². The number of ether oxygens (including phenoxy) is 2. The highest BCUT2D eigenvalue weighted by Gasteiger charge is 2.39. The van der Waals surface area contributed by atoms with E-state index in [0.717, 1.165) is 11.1 Å². The Labute approximate surface area is 181 Å². The molecule has 0 saturated carbocycles. The van der Waals surface area contributed by atoms with Crippen LogP contribution in [0.25, 0.3) is 0 Å². The van der Waals surface area contributed by atoms with Crippen molar-refractivity contribution in [3.05, 3.63) is 71.8 Å². The highest BCUT2D eigenvalue weighted by atomic mass is 35.5. The van der Waals surface area contributed by atoms with Crippen molar-refractivity contribution >= 4 is 25.6 Å². The first-order valence-corrected chi connectivity index (χ1v) is 11.3. The summed E-state index contributed by atoms with van der Waals surface area (Å²) in [5, 5.41) is 0. The second kappa shape index (κ2) is 11.5. The molecule has 0 aromatic heterocycles. The SMILES string of the molecule is CC(OP(=O)(OCc1ccccc1)OCc1ccccc1)C(C)(C)OC(=O)OCCl. The number of hydrogen-bond acceptors (Lipinski definition) is 7. The number of alkyl halides is 1. The zero-order valence-electron chi connectivity index (χ0n) is 17.2. The van der Waals surface area contributed by atoms with E-state index < -0.39 is 25.7 Å². The minimum absolute atomic E-state index is 0.0230. The minimum atomic E-state index is -4.02. The van der Waals surface area contributed by atoms with Crippen LogP contribution in [0.2, 0.25) is 0 Å². The average Bonchev–Trinajstić information content (AvgIpc) is 2.72. The molecule has 0 bridgehead atoms. The fraction of sp³-hybridized carbons (Fsp3) is 0.381. The van der Waals surface area contributed by atoms with Crippen LogP contribution in [0, 0.1) is 0 Å². The molecule has 30 heavy (non-hydrogen) atoms. The average molecular weight is 457 g/mol. The maximum Gasteiger partial charge on any atom is 0.510 e. The molecule has 0 radical (unpaired) electrons. The summed E-state index contributed by atoms with van der Waals surface area (Å²) in [5.41, 5.74) is 0.419. The number of rotatable bonds is 11. The molecule has 1 unspecified atom stereocenters. The van der Waals surface area contributed by atoms with E-state index in [1.165, 1.54) is 0 Å². The molecule has 2 rings (SSSR count). The lowest BCUT2D eigenvalue weighted by Gasteiger charge is -2.32. The Kier molecular flexibility index (Phi) is 9.34. The van der Waals surface area contributed by atoms with Gasteiger partial charge in [-0.25, -0.2) is 9.36 Å². The summed E-state index contributed by atoms with van der Waals surface area (Å²) < 4.78 is 40.0. The molecule has 164 valence electrons. The number of halogens is 1. The van der Waals surface area contributed by atoms with Crippen LogP contribution in [0.5, 0.6) is 0 Å². The molecule has 7 nitrogen and oxygen atoms in total. The van der Waals surface area contributed by atoms with Gasteiger partial charge in [-0.05, 0) is 31.9 Å². The zero-order valence-corrected chi connectivity index (χ0v) is 18.8. The maximum atomic E-state index is 13.4. The first-order chi connectivity index (χ1) is 14.2. The number of hydrogen-bond donors (Lipinski definition) is 0. The Morgan fingerprint density at radius 2 is 1.43 bits per heavy atom. The van der Waals surface area contributed by atoms with Gasteiger partial charge in [0.25, 0.3) is 0 Å². The quantitative estimate of drug-likeness (QED) is 0.231. The van der Waals surface area contributed by atoms with Gasteiger partial charge in [0.1, 0.15) is 11.7 Å². The van der Waals surface area contributed by atoms with Gasteiger partial charge in [0.15, 0.2) is 6.07 Å². The molecule has 2 aromatic rings. The first-order valence-electron chi connectivity index (χ1n) is 9.31. The van der Waals surface area contributed by atoms with Gasteiger partial charge in [0, 0.05) is 0 Å². The predicted molar refractivity (Wildman–Crippen MR) is 113 cm³/mol. The lowest BCUT2D eigenvalue weighted by molar-refractivity contribution is -0.0760. The van der Waals surface area contributed by atoms with Gasteiger partial charge in [-0.1, -0.05) is 72.3 Å². The van der Waals surface area contributed by atoms with Crippen LogP contribution in [0.15, 0.2) is 60.7 Å². The molecular formula is C21H26ClO7P. The number of phosphoric acid groups is 1. The molecule has 1 atom stereocenters. The van der Waals surface area contributed by atoms with E-state index in [2.05, 4.69) is 4.74 Å². The summed E-state index contributed by atoms with van der Waals surface area (Å²) in [6.07, 6.45) is -1.81. The van der Waals surface area contributed by atoms with Gasteiger partial charge in [0.05, 0.1) is 13.2 Å². The van der Waals surface area contributed by atoms with Crippen molar-refractivity contribution in [2.45, 2.75) is 45.7 Å². The molecule has 0 aliphatic rings. The summed E-state index contributed by atoms with van der Waals surface area (Å²) in [6.45, 7) is 4.82. The third-order valence-electron chi connectivity index (χ3n) is 4.25. The summed E-state index contributed by atoms with van der Waals surface area (Å²) >= 11 is 5.37. The fourth-order valence-electron chi connectivity index (χ4n) is 2.25. The number of benzene rings is 2. The molecule has 0 aliphatic heterocycles. The first kappa shape index (κ1) is 24.4. The Morgan fingerprint density at radius 1 is 0.967 bits per heavy atom.